The van der Waals surface area contributed by atoms with E-state index in [1.165, 1.54) is 0 Å². The molecule has 3 aromatic rings. The second kappa shape index (κ2) is 8.52. The van der Waals surface area contributed by atoms with Gasteiger partial charge < -0.3 is 18.6 Å². The molecule has 0 atom stereocenters. The van der Waals surface area contributed by atoms with Gasteiger partial charge in [-0.3, -0.25) is 9.97 Å². The molecule has 0 bridgehead atoms. The molecular formula is C28H34B2N2O4. The molecule has 8 heteroatoms. The first-order chi connectivity index (χ1) is 16.8. The Morgan fingerprint density at radius 1 is 0.472 bits per heavy atom. The first-order valence-corrected chi connectivity index (χ1v) is 12.5. The van der Waals surface area contributed by atoms with E-state index in [0.717, 1.165) is 33.4 Å². The molecule has 2 saturated heterocycles. The van der Waals surface area contributed by atoms with Crippen LogP contribution in [0.15, 0.2) is 60.9 Å². The summed E-state index contributed by atoms with van der Waals surface area (Å²) < 4.78 is 24.5. The molecular weight excluding hydrogens is 450 g/mol. The molecule has 0 amide bonds. The minimum Gasteiger partial charge on any atom is -0.399 e. The lowest BCUT2D eigenvalue weighted by atomic mass is 9.80. The van der Waals surface area contributed by atoms with Gasteiger partial charge in [-0.2, -0.15) is 0 Å². The van der Waals surface area contributed by atoms with Crippen molar-refractivity contribution >= 4 is 25.2 Å². The van der Waals surface area contributed by atoms with Crippen molar-refractivity contribution in [2.45, 2.75) is 77.8 Å². The largest absolute Gasteiger partial charge is 0.496 e. The number of pyridine rings is 2. The Morgan fingerprint density at radius 2 is 0.778 bits per heavy atom. The standard InChI is InChI=1S/C28H34B2N2O4/c1-25(2)26(3,4)34-29(33-25)21-13-15-23(31-17-21)19-9-11-20(12-10-19)24-16-14-22(18-32-24)30-35-27(5,6)28(7,8)36-30/h9-18H,1-8H3. The average Bonchev–Trinajstić information content (AvgIpc) is 3.19. The van der Waals surface area contributed by atoms with Crippen LogP contribution in [0.2, 0.25) is 0 Å². The molecule has 0 radical (unpaired) electrons. The van der Waals surface area contributed by atoms with Crippen molar-refractivity contribution in [2.75, 3.05) is 0 Å². The van der Waals surface area contributed by atoms with Crippen LogP contribution >= 0.6 is 0 Å². The SMILES string of the molecule is CC1(C)OB(c2ccc(-c3ccc(-c4ccc(B5OC(C)(C)C(C)(C)O5)cn4)cc3)nc2)OC1(C)C. The molecule has 4 heterocycles. The molecule has 2 aliphatic rings. The summed E-state index contributed by atoms with van der Waals surface area (Å²) in [6.45, 7) is 16.4. The first kappa shape index (κ1) is 25.2. The molecule has 2 fully saturated rings. The zero-order valence-electron chi connectivity index (χ0n) is 22.5. The smallest absolute Gasteiger partial charge is 0.399 e. The highest BCUT2D eigenvalue weighted by Gasteiger charge is 2.52. The minimum absolute atomic E-state index is 0.372. The van der Waals surface area contributed by atoms with Gasteiger partial charge >= 0.3 is 14.2 Å². The van der Waals surface area contributed by atoms with E-state index in [1.807, 2.05) is 36.7 Å². The van der Waals surface area contributed by atoms with Crippen molar-refractivity contribution in [3.8, 4) is 22.5 Å². The van der Waals surface area contributed by atoms with Crippen molar-refractivity contribution in [1.29, 1.82) is 0 Å². The van der Waals surface area contributed by atoms with E-state index < -0.39 is 14.2 Å². The maximum atomic E-state index is 6.14. The molecule has 0 aliphatic carbocycles. The van der Waals surface area contributed by atoms with E-state index in [0.29, 0.717) is 0 Å². The fourth-order valence-corrected chi connectivity index (χ4v) is 4.20. The average molecular weight is 484 g/mol. The second-order valence-electron chi connectivity index (χ2n) is 11.7. The Bertz CT molecular complexity index is 1110. The summed E-state index contributed by atoms with van der Waals surface area (Å²) in [4.78, 5) is 9.33. The number of rotatable bonds is 4. The first-order valence-electron chi connectivity index (χ1n) is 12.5. The number of hydrogen-bond donors (Lipinski definition) is 0. The van der Waals surface area contributed by atoms with Crippen LogP contribution in [0, 0.1) is 0 Å². The van der Waals surface area contributed by atoms with E-state index in [1.54, 1.807) is 0 Å². The van der Waals surface area contributed by atoms with E-state index in [4.69, 9.17) is 18.6 Å². The zero-order chi connectivity index (χ0) is 25.9. The van der Waals surface area contributed by atoms with Gasteiger partial charge in [0.1, 0.15) is 0 Å². The zero-order valence-corrected chi connectivity index (χ0v) is 22.5. The molecule has 0 spiro atoms. The van der Waals surface area contributed by atoms with Crippen LogP contribution in [-0.4, -0.2) is 46.6 Å². The summed E-state index contributed by atoms with van der Waals surface area (Å²) >= 11 is 0. The number of hydrogen-bond acceptors (Lipinski definition) is 6. The van der Waals surface area contributed by atoms with Gasteiger partial charge in [-0.05, 0) is 67.5 Å². The predicted octanol–water partition coefficient (Wildman–Crippen LogP) is 4.41. The Labute approximate surface area is 215 Å². The molecule has 186 valence electrons. The number of benzene rings is 1. The molecule has 2 aromatic heterocycles. The van der Waals surface area contributed by atoms with Crippen LogP contribution in [0.4, 0.5) is 0 Å². The highest BCUT2D eigenvalue weighted by atomic mass is 16.7. The Kier molecular flexibility index (Phi) is 5.95. The van der Waals surface area contributed by atoms with E-state index in [-0.39, 0.29) is 22.4 Å². The third-order valence-electron chi connectivity index (χ3n) is 8.10. The van der Waals surface area contributed by atoms with Gasteiger partial charge in [0.15, 0.2) is 0 Å². The molecule has 6 nitrogen and oxygen atoms in total. The molecule has 0 saturated carbocycles. The lowest BCUT2D eigenvalue weighted by molar-refractivity contribution is 0.00578. The van der Waals surface area contributed by atoms with Crippen LogP contribution in [0.25, 0.3) is 22.5 Å². The third kappa shape index (κ3) is 4.41. The van der Waals surface area contributed by atoms with Gasteiger partial charge in [0, 0.05) is 34.4 Å². The monoisotopic (exact) mass is 484 g/mol. The Balaban J connectivity index is 1.27. The van der Waals surface area contributed by atoms with Gasteiger partial charge in [-0.25, -0.2) is 0 Å². The van der Waals surface area contributed by atoms with Gasteiger partial charge in [0.2, 0.25) is 0 Å². The fraction of sp³-hybridized carbons (Fsp3) is 0.429. The molecule has 36 heavy (non-hydrogen) atoms. The quantitative estimate of drug-likeness (QED) is 0.512. The number of nitrogens with zero attached hydrogens (tertiary/aromatic N) is 2. The van der Waals surface area contributed by atoms with Crippen LogP contribution in [0.5, 0.6) is 0 Å². The normalized spacial score (nSPS) is 21.7. The van der Waals surface area contributed by atoms with Gasteiger partial charge in [-0.15, -0.1) is 0 Å². The number of aromatic nitrogens is 2. The summed E-state index contributed by atoms with van der Waals surface area (Å²) in [5.74, 6) is 0. The van der Waals surface area contributed by atoms with E-state index in [2.05, 4.69) is 89.6 Å². The Morgan fingerprint density at radius 3 is 1.03 bits per heavy atom. The van der Waals surface area contributed by atoms with E-state index in [9.17, 15) is 0 Å². The summed E-state index contributed by atoms with van der Waals surface area (Å²) in [6, 6.07) is 16.3. The minimum atomic E-state index is -0.412. The van der Waals surface area contributed by atoms with E-state index >= 15 is 0 Å². The summed E-state index contributed by atoms with van der Waals surface area (Å²) in [7, 11) is -0.824. The van der Waals surface area contributed by atoms with Crippen molar-refractivity contribution in [3.05, 3.63) is 60.9 Å². The lowest BCUT2D eigenvalue weighted by Gasteiger charge is -2.32. The third-order valence-corrected chi connectivity index (χ3v) is 8.10. The van der Waals surface area contributed by atoms with Crippen LogP contribution in [0.1, 0.15) is 55.4 Å². The van der Waals surface area contributed by atoms with Crippen molar-refractivity contribution in [2.24, 2.45) is 0 Å². The van der Waals surface area contributed by atoms with Crippen LogP contribution < -0.4 is 10.9 Å². The molecule has 0 unspecified atom stereocenters. The highest BCUT2D eigenvalue weighted by Crippen LogP contribution is 2.37. The second-order valence-corrected chi connectivity index (χ2v) is 11.7. The molecule has 2 aliphatic heterocycles. The Hall–Kier alpha value is -2.51. The van der Waals surface area contributed by atoms with Gasteiger partial charge in [-0.1, -0.05) is 36.4 Å². The topological polar surface area (TPSA) is 62.7 Å². The summed E-state index contributed by atoms with van der Waals surface area (Å²) in [5.41, 5.74) is 4.20. The van der Waals surface area contributed by atoms with Crippen molar-refractivity contribution in [3.63, 3.8) is 0 Å². The van der Waals surface area contributed by atoms with Crippen LogP contribution in [0.3, 0.4) is 0 Å². The predicted molar refractivity (Wildman–Crippen MR) is 144 cm³/mol. The molecule has 5 rings (SSSR count). The van der Waals surface area contributed by atoms with Crippen molar-refractivity contribution < 1.29 is 18.6 Å². The maximum absolute atomic E-state index is 6.14. The maximum Gasteiger partial charge on any atom is 0.496 e. The van der Waals surface area contributed by atoms with Gasteiger partial charge in [0.05, 0.1) is 33.8 Å². The molecule has 1 aromatic carbocycles. The van der Waals surface area contributed by atoms with Gasteiger partial charge in [0.25, 0.3) is 0 Å². The molecule has 0 N–H and O–H groups in total. The summed E-state index contributed by atoms with van der Waals surface area (Å²) in [6.07, 6.45) is 3.67. The summed E-state index contributed by atoms with van der Waals surface area (Å²) in [5, 5.41) is 0. The fourth-order valence-electron chi connectivity index (χ4n) is 4.20. The lowest BCUT2D eigenvalue weighted by Crippen LogP contribution is -2.41. The highest BCUT2D eigenvalue weighted by molar-refractivity contribution is 6.62. The van der Waals surface area contributed by atoms with Crippen LogP contribution in [-0.2, 0) is 18.6 Å². The van der Waals surface area contributed by atoms with Crippen molar-refractivity contribution in [1.82, 2.24) is 9.97 Å².